The maximum Gasteiger partial charge on any atom is 0.131 e. The summed E-state index contributed by atoms with van der Waals surface area (Å²) in [5, 5.41) is 0. The average Bonchev–Trinajstić information content (AvgIpc) is 2.71. The monoisotopic (exact) mass is 241 g/mol. The molecule has 3 heteroatoms. The second-order valence-corrected chi connectivity index (χ2v) is 5.12. The number of nitrogens with zero attached hydrogens (tertiary/aromatic N) is 2. The van der Waals surface area contributed by atoms with Gasteiger partial charge in [0, 0.05) is 18.5 Å². The molecule has 0 amide bonds. The molecule has 0 saturated carbocycles. The van der Waals surface area contributed by atoms with Crippen LogP contribution >= 0.6 is 0 Å². The molecular formula is C15H19N3. The number of aryl methyl sites for hydroxylation is 2. The maximum atomic E-state index is 6.28. The van der Waals surface area contributed by atoms with Gasteiger partial charge < -0.3 is 10.3 Å². The topological polar surface area (TPSA) is 43.8 Å². The summed E-state index contributed by atoms with van der Waals surface area (Å²) in [6.07, 6.45) is 3.48. The van der Waals surface area contributed by atoms with Gasteiger partial charge in [0.15, 0.2) is 0 Å². The van der Waals surface area contributed by atoms with E-state index < -0.39 is 0 Å². The molecule has 0 unspecified atom stereocenters. The van der Waals surface area contributed by atoms with Gasteiger partial charge in [-0.15, -0.1) is 0 Å². The Bertz CT molecular complexity index is 596. The van der Waals surface area contributed by atoms with Crippen molar-refractivity contribution in [3.05, 3.63) is 35.2 Å². The Kier molecular flexibility index (Phi) is 2.62. The lowest BCUT2D eigenvalue weighted by Gasteiger charge is -2.14. The van der Waals surface area contributed by atoms with E-state index in [0.717, 1.165) is 30.3 Å². The SMILES string of the molecule is Cc1cccc(-c2nc3n(c2N)CCCC3)c1C. The molecule has 2 N–H and O–H groups in total. The molecule has 3 rings (SSSR count). The number of rotatable bonds is 1. The fourth-order valence-corrected chi connectivity index (χ4v) is 2.71. The van der Waals surface area contributed by atoms with E-state index in [0.29, 0.717) is 0 Å². The zero-order valence-electron chi connectivity index (χ0n) is 11.0. The van der Waals surface area contributed by atoms with Crippen molar-refractivity contribution in [2.75, 3.05) is 5.73 Å². The van der Waals surface area contributed by atoms with Crippen molar-refractivity contribution in [2.45, 2.75) is 39.7 Å². The number of hydrogen-bond acceptors (Lipinski definition) is 2. The molecule has 0 atom stereocenters. The standard InChI is InChI=1S/C15H19N3/c1-10-6-5-7-12(11(10)2)14-15(16)18-9-4-3-8-13(18)17-14/h5-7H,3-4,8-9,16H2,1-2H3. The first kappa shape index (κ1) is 11.3. The largest absolute Gasteiger partial charge is 0.383 e. The van der Waals surface area contributed by atoms with Crippen molar-refractivity contribution in [3.63, 3.8) is 0 Å². The minimum absolute atomic E-state index is 0.832. The summed E-state index contributed by atoms with van der Waals surface area (Å²) < 4.78 is 2.18. The van der Waals surface area contributed by atoms with Gasteiger partial charge in [0.1, 0.15) is 17.3 Å². The van der Waals surface area contributed by atoms with Crippen molar-refractivity contribution in [3.8, 4) is 11.3 Å². The number of anilines is 1. The van der Waals surface area contributed by atoms with Gasteiger partial charge in [0.2, 0.25) is 0 Å². The van der Waals surface area contributed by atoms with Gasteiger partial charge in [0.05, 0.1) is 0 Å². The number of nitrogen functional groups attached to an aromatic ring is 1. The summed E-state index contributed by atoms with van der Waals surface area (Å²) in [7, 11) is 0. The fraction of sp³-hybridized carbons (Fsp3) is 0.400. The molecule has 1 aliphatic rings. The molecule has 0 radical (unpaired) electrons. The van der Waals surface area contributed by atoms with Gasteiger partial charge in [-0.1, -0.05) is 18.2 Å². The van der Waals surface area contributed by atoms with E-state index in [-0.39, 0.29) is 0 Å². The Balaban J connectivity index is 2.17. The maximum absolute atomic E-state index is 6.28. The molecule has 0 aliphatic carbocycles. The number of nitrogens with two attached hydrogens (primary N) is 1. The summed E-state index contributed by atoms with van der Waals surface area (Å²) in [6.45, 7) is 5.28. The molecule has 1 aromatic heterocycles. The summed E-state index contributed by atoms with van der Waals surface area (Å²) in [5.74, 6) is 1.98. The highest BCUT2D eigenvalue weighted by Crippen LogP contribution is 2.32. The Hall–Kier alpha value is -1.77. The first-order valence-corrected chi connectivity index (χ1v) is 6.60. The predicted molar refractivity (Wildman–Crippen MR) is 74.5 cm³/mol. The van der Waals surface area contributed by atoms with Gasteiger partial charge in [-0.25, -0.2) is 4.98 Å². The fourth-order valence-electron chi connectivity index (χ4n) is 2.71. The zero-order chi connectivity index (χ0) is 12.7. The van der Waals surface area contributed by atoms with Gasteiger partial charge >= 0.3 is 0 Å². The molecule has 0 saturated heterocycles. The lowest BCUT2D eigenvalue weighted by molar-refractivity contribution is 0.527. The smallest absolute Gasteiger partial charge is 0.131 e. The molecule has 0 fully saturated rings. The van der Waals surface area contributed by atoms with E-state index in [1.807, 2.05) is 0 Å². The minimum Gasteiger partial charge on any atom is -0.383 e. The van der Waals surface area contributed by atoms with Crippen LogP contribution in [0.3, 0.4) is 0 Å². The van der Waals surface area contributed by atoms with Crippen molar-refractivity contribution >= 4 is 5.82 Å². The highest BCUT2D eigenvalue weighted by Gasteiger charge is 2.19. The third-order valence-electron chi connectivity index (χ3n) is 3.98. The minimum atomic E-state index is 0.832. The molecule has 2 heterocycles. The molecule has 0 spiro atoms. The normalized spacial score (nSPS) is 14.6. The van der Waals surface area contributed by atoms with Crippen LogP contribution in [-0.2, 0) is 13.0 Å². The van der Waals surface area contributed by atoms with Crippen LogP contribution in [-0.4, -0.2) is 9.55 Å². The molecule has 2 aromatic rings. The highest BCUT2D eigenvalue weighted by molar-refractivity contribution is 5.74. The van der Waals surface area contributed by atoms with Crippen molar-refractivity contribution < 1.29 is 0 Å². The quantitative estimate of drug-likeness (QED) is 0.833. The van der Waals surface area contributed by atoms with E-state index >= 15 is 0 Å². The van der Waals surface area contributed by atoms with E-state index in [4.69, 9.17) is 10.7 Å². The van der Waals surface area contributed by atoms with Gasteiger partial charge in [-0.3, -0.25) is 0 Å². The molecule has 1 aliphatic heterocycles. The van der Waals surface area contributed by atoms with Crippen molar-refractivity contribution in [1.82, 2.24) is 9.55 Å². The second-order valence-electron chi connectivity index (χ2n) is 5.12. The van der Waals surface area contributed by atoms with Gasteiger partial charge in [-0.2, -0.15) is 0 Å². The number of fused-ring (bicyclic) bond motifs is 1. The van der Waals surface area contributed by atoms with Gasteiger partial charge in [-0.05, 0) is 37.8 Å². The van der Waals surface area contributed by atoms with Crippen LogP contribution in [0.25, 0.3) is 11.3 Å². The zero-order valence-corrected chi connectivity index (χ0v) is 11.0. The summed E-state index contributed by atoms with van der Waals surface area (Å²) in [4.78, 5) is 4.76. The van der Waals surface area contributed by atoms with E-state index in [9.17, 15) is 0 Å². The van der Waals surface area contributed by atoms with E-state index in [1.165, 1.54) is 29.5 Å². The first-order valence-electron chi connectivity index (χ1n) is 6.60. The van der Waals surface area contributed by atoms with Crippen LogP contribution in [0.2, 0.25) is 0 Å². The van der Waals surface area contributed by atoms with Crippen molar-refractivity contribution in [1.29, 1.82) is 0 Å². The van der Waals surface area contributed by atoms with Crippen LogP contribution in [0.4, 0.5) is 5.82 Å². The lowest BCUT2D eigenvalue weighted by atomic mass is 10.0. The Labute approximate surface area is 108 Å². The molecule has 3 nitrogen and oxygen atoms in total. The van der Waals surface area contributed by atoms with Crippen LogP contribution < -0.4 is 5.73 Å². The van der Waals surface area contributed by atoms with Crippen LogP contribution in [0, 0.1) is 13.8 Å². The van der Waals surface area contributed by atoms with Crippen LogP contribution in [0.15, 0.2) is 18.2 Å². The molecule has 94 valence electrons. The number of imidazole rings is 1. The summed E-state index contributed by atoms with van der Waals surface area (Å²) >= 11 is 0. The third-order valence-corrected chi connectivity index (χ3v) is 3.98. The van der Waals surface area contributed by atoms with Crippen molar-refractivity contribution in [2.24, 2.45) is 0 Å². The number of aromatic nitrogens is 2. The molecule has 18 heavy (non-hydrogen) atoms. The highest BCUT2D eigenvalue weighted by atomic mass is 15.1. The van der Waals surface area contributed by atoms with Gasteiger partial charge in [0.25, 0.3) is 0 Å². The first-order chi connectivity index (χ1) is 8.68. The van der Waals surface area contributed by atoms with Crippen LogP contribution in [0.1, 0.15) is 29.8 Å². The predicted octanol–water partition coefficient (Wildman–Crippen LogP) is 3.09. The number of hydrogen-bond donors (Lipinski definition) is 1. The molecular weight excluding hydrogens is 222 g/mol. The summed E-state index contributed by atoms with van der Waals surface area (Å²) in [5.41, 5.74) is 11.0. The van der Waals surface area contributed by atoms with Crippen LogP contribution in [0.5, 0.6) is 0 Å². The Morgan fingerprint density at radius 2 is 2.06 bits per heavy atom. The Morgan fingerprint density at radius 3 is 2.83 bits per heavy atom. The van der Waals surface area contributed by atoms with E-state index in [2.05, 4.69) is 36.6 Å². The van der Waals surface area contributed by atoms with E-state index in [1.54, 1.807) is 0 Å². The summed E-state index contributed by atoms with van der Waals surface area (Å²) in [6, 6.07) is 6.33. The second kappa shape index (κ2) is 4.16. The lowest BCUT2D eigenvalue weighted by Crippen LogP contribution is -2.12. The Morgan fingerprint density at radius 1 is 1.22 bits per heavy atom. The number of benzene rings is 1. The molecule has 0 bridgehead atoms. The molecule has 1 aromatic carbocycles. The third kappa shape index (κ3) is 1.62. The average molecular weight is 241 g/mol.